The van der Waals surface area contributed by atoms with Gasteiger partial charge in [0, 0.05) is 12.5 Å². The molecule has 0 aromatic heterocycles. The predicted molar refractivity (Wildman–Crippen MR) is 80.7 cm³/mol. The minimum atomic E-state index is -0.0762. The fourth-order valence-corrected chi connectivity index (χ4v) is 3.03. The lowest BCUT2D eigenvalue weighted by atomic mass is 9.77. The summed E-state index contributed by atoms with van der Waals surface area (Å²) >= 11 is 0. The number of aryl methyl sites for hydroxylation is 1. The van der Waals surface area contributed by atoms with E-state index in [0.29, 0.717) is 0 Å². The Labute approximate surface area is 119 Å². The SMILES string of the molecule is Cc1ccc(C2CCNC(=O)C2c2ccccc2)cc1. The van der Waals surface area contributed by atoms with Gasteiger partial charge in [-0.2, -0.15) is 0 Å². The summed E-state index contributed by atoms with van der Waals surface area (Å²) in [6, 6.07) is 18.7. The number of nitrogens with one attached hydrogen (secondary N) is 1. The average molecular weight is 265 g/mol. The Morgan fingerprint density at radius 3 is 2.35 bits per heavy atom. The first-order valence-electron chi connectivity index (χ1n) is 7.15. The van der Waals surface area contributed by atoms with Crippen LogP contribution in [0.5, 0.6) is 0 Å². The van der Waals surface area contributed by atoms with Gasteiger partial charge in [-0.3, -0.25) is 4.79 Å². The molecular formula is C18H19NO. The van der Waals surface area contributed by atoms with Crippen LogP contribution in [-0.4, -0.2) is 12.5 Å². The second-order valence-corrected chi connectivity index (χ2v) is 5.49. The van der Waals surface area contributed by atoms with Crippen molar-refractivity contribution in [2.45, 2.75) is 25.2 Å². The molecule has 1 aliphatic rings. The van der Waals surface area contributed by atoms with Crippen molar-refractivity contribution in [3.63, 3.8) is 0 Å². The van der Waals surface area contributed by atoms with E-state index in [4.69, 9.17) is 0 Å². The predicted octanol–water partition coefficient (Wildman–Crippen LogP) is 3.38. The van der Waals surface area contributed by atoms with Crippen LogP contribution in [0.4, 0.5) is 0 Å². The maximum atomic E-state index is 12.3. The quantitative estimate of drug-likeness (QED) is 0.886. The van der Waals surface area contributed by atoms with Crippen LogP contribution in [0.1, 0.15) is 34.9 Å². The van der Waals surface area contributed by atoms with Gasteiger partial charge in [-0.05, 0) is 24.5 Å². The van der Waals surface area contributed by atoms with Gasteiger partial charge in [0.25, 0.3) is 0 Å². The fraction of sp³-hybridized carbons (Fsp3) is 0.278. The van der Waals surface area contributed by atoms with E-state index in [1.807, 2.05) is 18.2 Å². The average Bonchev–Trinajstić information content (AvgIpc) is 2.49. The van der Waals surface area contributed by atoms with Crippen LogP contribution in [-0.2, 0) is 4.79 Å². The Morgan fingerprint density at radius 1 is 0.950 bits per heavy atom. The zero-order valence-electron chi connectivity index (χ0n) is 11.7. The van der Waals surface area contributed by atoms with E-state index >= 15 is 0 Å². The molecule has 102 valence electrons. The van der Waals surface area contributed by atoms with Crippen molar-refractivity contribution in [2.75, 3.05) is 6.54 Å². The van der Waals surface area contributed by atoms with E-state index in [2.05, 4.69) is 48.6 Å². The molecule has 2 unspecified atom stereocenters. The van der Waals surface area contributed by atoms with E-state index in [0.717, 1.165) is 18.5 Å². The van der Waals surface area contributed by atoms with Crippen LogP contribution in [0, 0.1) is 6.92 Å². The third kappa shape index (κ3) is 2.46. The van der Waals surface area contributed by atoms with Gasteiger partial charge in [0.1, 0.15) is 0 Å². The molecule has 2 nitrogen and oxygen atoms in total. The molecule has 20 heavy (non-hydrogen) atoms. The molecule has 1 saturated heterocycles. The Bertz CT molecular complexity index is 589. The highest BCUT2D eigenvalue weighted by Crippen LogP contribution is 2.37. The summed E-state index contributed by atoms with van der Waals surface area (Å²) in [7, 11) is 0. The van der Waals surface area contributed by atoms with Crippen molar-refractivity contribution in [3.05, 3.63) is 71.3 Å². The van der Waals surface area contributed by atoms with Gasteiger partial charge < -0.3 is 5.32 Å². The van der Waals surface area contributed by atoms with Gasteiger partial charge in [-0.1, -0.05) is 60.2 Å². The zero-order chi connectivity index (χ0) is 13.9. The maximum Gasteiger partial charge on any atom is 0.228 e. The van der Waals surface area contributed by atoms with Crippen LogP contribution in [0.15, 0.2) is 54.6 Å². The number of carbonyl (C=O) groups excluding carboxylic acids is 1. The normalized spacial score (nSPS) is 22.4. The number of hydrogen-bond acceptors (Lipinski definition) is 1. The molecule has 1 heterocycles. The second kappa shape index (κ2) is 5.49. The molecule has 0 radical (unpaired) electrons. The molecule has 0 spiro atoms. The highest BCUT2D eigenvalue weighted by atomic mass is 16.1. The van der Waals surface area contributed by atoms with Crippen molar-refractivity contribution in [1.29, 1.82) is 0 Å². The van der Waals surface area contributed by atoms with Gasteiger partial charge in [0.2, 0.25) is 5.91 Å². The van der Waals surface area contributed by atoms with Crippen LogP contribution in [0.25, 0.3) is 0 Å². The summed E-state index contributed by atoms with van der Waals surface area (Å²) in [5.74, 6) is 0.340. The first-order valence-corrected chi connectivity index (χ1v) is 7.15. The van der Waals surface area contributed by atoms with Crippen molar-refractivity contribution in [1.82, 2.24) is 5.32 Å². The Balaban J connectivity index is 1.98. The smallest absolute Gasteiger partial charge is 0.228 e. The van der Waals surface area contributed by atoms with Crippen LogP contribution in [0.3, 0.4) is 0 Å². The van der Waals surface area contributed by atoms with E-state index in [1.165, 1.54) is 11.1 Å². The molecule has 1 fully saturated rings. The summed E-state index contributed by atoms with van der Waals surface area (Å²) in [4.78, 5) is 12.3. The molecule has 2 heteroatoms. The zero-order valence-corrected chi connectivity index (χ0v) is 11.7. The molecule has 3 rings (SSSR count). The lowest BCUT2D eigenvalue weighted by Crippen LogP contribution is -2.39. The molecule has 1 aliphatic heterocycles. The third-order valence-electron chi connectivity index (χ3n) is 4.10. The number of rotatable bonds is 2. The molecule has 0 aliphatic carbocycles. The first-order chi connectivity index (χ1) is 9.75. The molecular weight excluding hydrogens is 246 g/mol. The summed E-state index contributed by atoms with van der Waals surface area (Å²) in [6.45, 7) is 2.85. The highest BCUT2D eigenvalue weighted by Gasteiger charge is 2.33. The van der Waals surface area contributed by atoms with Crippen molar-refractivity contribution in [2.24, 2.45) is 0 Å². The third-order valence-corrected chi connectivity index (χ3v) is 4.10. The van der Waals surface area contributed by atoms with E-state index in [9.17, 15) is 4.79 Å². The Hall–Kier alpha value is -2.09. The summed E-state index contributed by atoms with van der Waals surface area (Å²) in [5, 5.41) is 3.00. The van der Waals surface area contributed by atoms with Gasteiger partial charge in [0.05, 0.1) is 5.92 Å². The largest absolute Gasteiger partial charge is 0.356 e. The minimum absolute atomic E-state index is 0.0762. The summed E-state index contributed by atoms with van der Waals surface area (Å²) in [6.07, 6.45) is 0.994. The second-order valence-electron chi connectivity index (χ2n) is 5.49. The molecule has 2 aromatic rings. The van der Waals surface area contributed by atoms with Crippen LogP contribution >= 0.6 is 0 Å². The summed E-state index contributed by atoms with van der Waals surface area (Å²) < 4.78 is 0. The maximum absolute atomic E-state index is 12.3. The van der Waals surface area contributed by atoms with Crippen molar-refractivity contribution in [3.8, 4) is 0 Å². The van der Waals surface area contributed by atoms with Gasteiger partial charge >= 0.3 is 0 Å². The highest BCUT2D eigenvalue weighted by molar-refractivity contribution is 5.85. The number of hydrogen-bond donors (Lipinski definition) is 1. The fourth-order valence-electron chi connectivity index (χ4n) is 3.03. The first kappa shape index (κ1) is 12.9. The summed E-state index contributed by atoms with van der Waals surface area (Å²) in [5.41, 5.74) is 3.62. The van der Waals surface area contributed by atoms with Gasteiger partial charge in [-0.25, -0.2) is 0 Å². The van der Waals surface area contributed by atoms with Crippen LogP contribution < -0.4 is 5.32 Å². The molecule has 1 N–H and O–H groups in total. The van der Waals surface area contributed by atoms with E-state index in [1.54, 1.807) is 0 Å². The molecule has 0 bridgehead atoms. The molecule has 1 amide bonds. The number of carbonyl (C=O) groups is 1. The number of amides is 1. The lowest BCUT2D eigenvalue weighted by molar-refractivity contribution is -0.124. The van der Waals surface area contributed by atoms with E-state index in [-0.39, 0.29) is 17.7 Å². The lowest BCUT2D eigenvalue weighted by Gasteiger charge is -2.32. The van der Waals surface area contributed by atoms with E-state index < -0.39 is 0 Å². The van der Waals surface area contributed by atoms with Crippen LogP contribution in [0.2, 0.25) is 0 Å². The van der Waals surface area contributed by atoms with Gasteiger partial charge in [-0.15, -0.1) is 0 Å². The molecule has 2 atom stereocenters. The van der Waals surface area contributed by atoms with Crippen molar-refractivity contribution >= 4 is 5.91 Å². The van der Waals surface area contributed by atoms with Crippen molar-refractivity contribution < 1.29 is 4.79 Å². The van der Waals surface area contributed by atoms with Gasteiger partial charge in [0.15, 0.2) is 0 Å². The Morgan fingerprint density at radius 2 is 1.65 bits per heavy atom. The molecule has 2 aromatic carbocycles. The Kier molecular flexibility index (Phi) is 3.55. The number of piperidine rings is 1. The topological polar surface area (TPSA) is 29.1 Å². The standard InChI is InChI=1S/C18H19NO/c1-13-7-9-14(10-8-13)16-11-12-19-18(20)17(16)15-5-3-2-4-6-15/h2-10,16-17H,11-12H2,1H3,(H,19,20). The number of benzene rings is 2. The molecule has 0 saturated carbocycles. The minimum Gasteiger partial charge on any atom is -0.356 e. The monoisotopic (exact) mass is 265 g/mol.